The van der Waals surface area contributed by atoms with Crippen LogP contribution in [0.2, 0.25) is 0 Å². The largest absolute Gasteiger partial charge is 0.516 e. The molecule has 0 aromatic heterocycles. The first-order chi connectivity index (χ1) is 27.7. The molecule has 314 valence electrons. The molecule has 0 aliphatic heterocycles. The lowest BCUT2D eigenvalue weighted by Gasteiger charge is -2.48. The van der Waals surface area contributed by atoms with Crippen LogP contribution in [0.5, 0.6) is 11.5 Å². The van der Waals surface area contributed by atoms with E-state index in [0.29, 0.717) is 11.1 Å². The number of carbonyl (C=O) groups is 3. The van der Waals surface area contributed by atoms with Gasteiger partial charge in [0.1, 0.15) is 42.6 Å². The number of benzene rings is 4. The molecule has 3 aliphatic rings. The molecule has 4 aromatic carbocycles. The molecule has 2 N–H and O–H groups in total. The second kappa shape index (κ2) is 16.6. The lowest BCUT2D eigenvalue weighted by Crippen LogP contribution is -2.48. The average molecular weight is 988 g/mol. The summed E-state index contributed by atoms with van der Waals surface area (Å²) >= 11 is 1.68. The summed E-state index contributed by atoms with van der Waals surface area (Å²) in [4.78, 5) is 39.4. The highest BCUT2D eigenvalue weighted by molar-refractivity contribution is 14.1. The van der Waals surface area contributed by atoms with Gasteiger partial charge in [-0.1, -0.05) is 48.5 Å². The van der Waals surface area contributed by atoms with Crippen LogP contribution in [0.25, 0.3) is 0 Å². The van der Waals surface area contributed by atoms with Crippen molar-refractivity contribution in [3.63, 3.8) is 0 Å². The van der Waals surface area contributed by atoms with Crippen LogP contribution in [0.1, 0.15) is 44.4 Å². The number of halogens is 8. The summed E-state index contributed by atoms with van der Waals surface area (Å²) in [7, 11) is -11.0. The molecule has 13 nitrogen and oxygen atoms in total. The van der Waals surface area contributed by atoms with E-state index in [9.17, 15) is 66.5 Å². The first-order valence-electron chi connectivity index (χ1n) is 16.7. The Kier molecular flexibility index (Phi) is 12.2. The van der Waals surface area contributed by atoms with E-state index in [0.717, 1.165) is 17.2 Å². The van der Waals surface area contributed by atoms with Crippen molar-refractivity contribution >= 4 is 60.6 Å². The molecular formula is C36H25F7INO12S2. The van der Waals surface area contributed by atoms with Crippen LogP contribution in [-0.4, -0.2) is 71.2 Å². The number of carbonyl (C=O) groups excluding carboxylic acids is 3. The zero-order valence-electron chi connectivity index (χ0n) is 29.3. The fourth-order valence-electron chi connectivity index (χ4n) is 6.97. The first kappa shape index (κ1) is 43.6. The van der Waals surface area contributed by atoms with Crippen molar-refractivity contribution in [3.8, 4) is 11.5 Å². The molecule has 0 heterocycles. The molecule has 0 radical (unpaired) electrons. The van der Waals surface area contributed by atoms with Crippen LogP contribution < -0.4 is 14.2 Å². The third-order valence-corrected chi connectivity index (χ3v) is 12.5. The van der Waals surface area contributed by atoms with Crippen molar-refractivity contribution in [2.24, 2.45) is 11.8 Å². The zero-order valence-corrected chi connectivity index (χ0v) is 33.1. The third-order valence-electron chi connectivity index (χ3n) is 9.32. The van der Waals surface area contributed by atoms with Gasteiger partial charge in [-0.05, 0) is 63.0 Å². The zero-order chi connectivity index (χ0) is 43.2. The van der Waals surface area contributed by atoms with E-state index in [4.69, 9.17) is 18.9 Å². The van der Waals surface area contributed by atoms with Crippen molar-refractivity contribution in [3.05, 3.63) is 121 Å². The SMILES string of the molecule is O=C(NS(=O)(=O)C(F)(F)F)c1c(F)c(F)c(OCCOC(=O)C2C3c4ccccc4C(c4ccccc43)C2C(=O)OCCOc2ccc(S(=O)(=O)O)c(I)c2)c(F)c1F. The lowest BCUT2D eigenvalue weighted by atomic mass is 9.54. The van der Waals surface area contributed by atoms with Crippen LogP contribution in [0.4, 0.5) is 30.7 Å². The highest BCUT2D eigenvalue weighted by atomic mass is 127. The van der Waals surface area contributed by atoms with Crippen molar-refractivity contribution < 1.29 is 85.5 Å². The molecule has 7 rings (SSSR count). The molecule has 2 bridgehead atoms. The van der Waals surface area contributed by atoms with E-state index in [1.807, 2.05) is 0 Å². The predicted molar refractivity (Wildman–Crippen MR) is 194 cm³/mol. The van der Waals surface area contributed by atoms with Gasteiger partial charge in [0.2, 0.25) is 11.6 Å². The van der Waals surface area contributed by atoms with Crippen LogP contribution >= 0.6 is 22.6 Å². The number of ether oxygens (including phenoxy) is 4. The van der Waals surface area contributed by atoms with E-state index in [1.54, 1.807) is 71.1 Å². The second-order valence-corrected chi connectivity index (χ2v) is 16.9. The summed E-state index contributed by atoms with van der Waals surface area (Å²) in [6.45, 7) is -2.42. The van der Waals surface area contributed by atoms with Gasteiger partial charge in [-0.25, -0.2) is 13.5 Å². The van der Waals surface area contributed by atoms with E-state index >= 15 is 0 Å². The van der Waals surface area contributed by atoms with E-state index in [2.05, 4.69) is 0 Å². The normalized spacial score (nSPS) is 18.3. The Hall–Kier alpha value is -5.01. The Labute approximate surface area is 342 Å². The van der Waals surface area contributed by atoms with E-state index in [1.165, 1.54) is 12.1 Å². The van der Waals surface area contributed by atoms with E-state index in [-0.39, 0.29) is 32.2 Å². The van der Waals surface area contributed by atoms with Crippen molar-refractivity contribution in [2.75, 3.05) is 26.4 Å². The van der Waals surface area contributed by atoms with Gasteiger partial charge in [-0.3, -0.25) is 18.9 Å². The maximum absolute atomic E-state index is 14.8. The molecule has 0 spiro atoms. The number of esters is 2. The third kappa shape index (κ3) is 8.41. The highest BCUT2D eigenvalue weighted by Gasteiger charge is 2.56. The van der Waals surface area contributed by atoms with Gasteiger partial charge in [0.15, 0.2) is 17.4 Å². The molecule has 4 aromatic rings. The first-order valence-corrected chi connectivity index (χ1v) is 20.7. The van der Waals surface area contributed by atoms with Crippen LogP contribution in [0, 0.1) is 38.7 Å². The van der Waals surface area contributed by atoms with Crippen LogP contribution in [0.3, 0.4) is 0 Å². The minimum absolute atomic E-state index is 0.154. The standard InChI is InChI=1S/C36H25F7INO12S2/c37-28-27(33(46)45-59(52,53)36(41,42)43)29(38)31(40)32(30(28)39)55-12-14-57-35(48)26-24-19-7-3-1-5-17(19)23(18-6-2-4-8-20(18)24)25(26)34(47)56-13-11-54-16-9-10-22(21(44)15-16)58(49,50)51/h1-10,15,23-26H,11-14H2,(H,45,46)(H,49,50,51). The maximum Gasteiger partial charge on any atom is 0.516 e. The number of sulfonamides is 1. The predicted octanol–water partition coefficient (Wildman–Crippen LogP) is 5.74. The van der Waals surface area contributed by atoms with Gasteiger partial charge in [0.25, 0.3) is 16.0 Å². The molecule has 3 aliphatic carbocycles. The number of rotatable bonds is 13. The number of hydrogen-bond donors (Lipinski definition) is 2. The average Bonchev–Trinajstić information content (AvgIpc) is 3.17. The molecule has 0 saturated heterocycles. The minimum Gasteiger partial charge on any atom is -0.490 e. The smallest absolute Gasteiger partial charge is 0.490 e. The second-order valence-electron chi connectivity index (χ2n) is 12.7. The monoisotopic (exact) mass is 987 g/mol. The number of nitrogens with one attached hydrogen (secondary N) is 1. The Morgan fingerprint density at radius 1 is 0.678 bits per heavy atom. The molecule has 2 unspecified atom stereocenters. The van der Waals surface area contributed by atoms with Gasteiger partial charge in [-0.15, -0.1) is 0 Å². The Bertz CT molecular complexity index is 2520. The fourth-order valence-corrected chi connectivity index (χ4v) is 9.30. The molecule has 0 saturated carbocycles. The number of hydrogen-bond acceptors (Lipinski definition) is 11. The summed E-state index contributed by atoms with van der Waals surface area (Å²) in [5.74, 6) is -20.2. The number of alkyl halides is 3. The summed E-state index contributed by atoms with van der Waals surface area (Å²) in [5.41, 5.74) is -5.65. The maximum atomic E-state index is 14.8. The highest BCUT2D eigenvalue weighted by Crippen LogP contribution is 2.58. The minimum atomic E-state index is -6.53. The molecule has 0 fully saturated rings. The van der Waals surface area contributed by atoms with Gasteiger partial charge >= 0.3 is 27.5 Å². The van der Waals surface area contributed by atoms with Gasteiger partial charge in [0.05, 0.1) is 11.8 Å². The Morgan fingerprint density at radius 3 is 1.53 bits per heavy atom. The molecule has 1 amide bonds. The summed E-state index contributed by atoms with van der Waals surface area (Å²) < 4.78 is 173. The van der Waals surface area contributed by atoms with Crippen LogP contribution in [-0.2, 0) is 39.2 Å². The lowest BCUT2D eigenvalue weighted by molar-refractivity contribution is -0.164. The Balaban J connectivity index is 1.18. The van der Waals surface area contributed by atoms with Gasteiger partial charge in [0, 0.05) is 15.4 Å². The number of fused-ring (bicyclic) bond motifs is 1. The molecule has 2 atom stereocenters. The molecular weight excluding hydrogens is 962 g/mol. The van der Waals surface area contributed by atoms with E-state index < -0.39 is 115 Å². The van der Waals surface area contributed by atoms with Gasteiger partial charge < -0.3 is 18.9 Å². The van der Waals surface area contributed by atoms with Gasteiger partial charge in [-0.2, -0.15) is 38.8 Å². The molecule has 23 heteroatoms. The van der Waals surface area contributed by atoms with Crippen molar-refractivity contribution in [1.29, 1.82) is 0 Å². The van der Waals surface area contributed by atoms with Crippen LogP contribution in [0.15, 0.2) is 71.6 Å². The van der Waals surface area contributed by atoms with Crippen molar-refractivity contribution in [1.82, 2.24) is 4.72 Å². The van der Waals surface area contributed by atoms with Crippen molar-refractivity contribution in [2.45, 2.75) is 22.2 Å². The fraction of sp³-hybridized carbons (Fsp3) is 0.250. The summed E-state index contributed by atoms with van der Waals surface area (Å²) in [5, 5.41) is 0. The topological polar surface area (TPSA) is 189 Å². The quantitative estimate of drug-likeness (QED) is 0.0414. The number of amides is 1. The summed E-state index contributed by atoms with van der Waals surface area (Å²) in [6.07, 6.45) is 0. The molecule has 59 heavy (non-hydrogen) atoms. The summed E-state index contributed by atoms with van der Waals surface area (Å²) in [6, 6.07) is 17.7. The Morgan fingerprint density at radius 2 is 1.12 bits per heavy atom.